The van der Waals surface area contributed by atoms with Gasteiger partial charge in [0.1, 0.15) is 5.82 Å². The van der Waals surface area contributed by atoms with Gasteiger partial charge < -0.3 is 5.32 Å². The molecule has 0 bridgehead atoms. The van der Waals surface area contributed by atoms with Crippen LogP contribution in [-0.2, 0) is 10.0 Å². The van der Waals surface area contributed by atoms with E-state index in [0.717, 1.165) is 6.54 Å². The van der Waals surface area contributed by atoms with Crippen LogP contribution < -0.4 is 10.0 Å². The third kappa shape index (κ3) is 4.26. The molecule has 6 heteroatoms. The maximum atomic E-state index is 13.5. The topological polar surface area (TPSA) is 58.2 Å². The molecule has 0 aliphatic rings. The quantitative estimate of drug-likeness (QED) is 0.838. The van der Waals surface area contributed by atoms with Gasteiger partial charge in [-0.2, -0.15) is 0 Å². The third-order valence-electron chi connectivity index (χ3n) is 2.85. The van der Waals surface area contributed by atoms with Crippen LogP contribution in [0.1, 0.15) is 25.0 Å². The first kappa shape index (κ1) is 16.1. The fourth-order valence-electron chi connectivity index (χ4n) is 1.80. The second kappa shape index (κ2) is 6.45. The molecule has 0 aliphatic carbocycles. The Kier molecular flexibility index (Phi) is 5.46. The highest BCUT2D eigenvalue weighted by molar-refractivity contribution is 7.89. The van der Waals surface area contributed by atoms with Crippen molar-refractivity contribution < 1.29 is 12.8 Å². The molecular weight excluding hydrogens is 267 g/mol. The number of halogens is 1. The summed E-state index contributed by atoms with van der Waals surface area (Å²) in [4.78, 5) is 0.104. The van der Waals surface area contributed by atoms with Gasteiger partial charge in [0.05, 0.1) is 4.90 Å². The number of hydrogen-bond acceptors (Lipinski definition) is 3. The van der Waals surface area contributed by atoms with Gasteiger partial charge in [-0.25, -0.2) is 17.5 Å². The number of benzene rings is 1. The first-order chi connectivity index (χ1) is 8.77. The molecule has 19 heavy (non-hydrogen) atoms. The molecular formula is C13H21FN2O2S. The van der Waals surface area contributed by atoms with Crippen LogP contribution >= 0.6 is 0 Å². The van der Waals surface area contributed by atoms with Gasteiger partial charge in [0.25, 0.3) is 0 Å². The second-order valence-corrected chi connectivity index (χ2v) is 6.45. The smallest absolute Gasteiger partial charge is 0.240 e. The minimum absolute atomic E-state index is 0.0439. The van der Waals surface area contributed by atoms with Crippen molar-refractivity contribution in [3.05, 3.63) is 29.1 Å². The zero-order valence-corrected chi connectivity index (χ0v) is 12.6. The van der Waals surface area contributed by atoms with Gasteiger partial charge in [-0.05, 0) is 50.6 Å². The lowest BCUT2D eigenvalue weighted by Gasteiger charge is -2.14. The lowest BCUT2D eigenvalue weighted by atomic mass is 10.1. The molecule has 0 amide bonds. The maximum absolute atomic E-state index is 13.5. The molecule has 0 aliphatic heterocycles. The van der Waals surface area contributed by atoms with E-state index in [1.807, 2.05) is 13.8 Å². The summed E-state index contributed by atoms with van der Waals surface area (Å²) in [6, 6.07) is 2.74. The first-order valence-corrected chi connectivity index (χ1v) is 7.76. The Labute approximate surface area is 114 Å². The summed E-state index contributed by atoms with van der Waals surface area (Å²) in [5, 5.41) is 3.11. The van der Waals surface area contributed by atoms with Crippen molar-refractivity contribution in [3.8, 4) is 0 Å². The van der Waals surface area contributed by atoms with Crippen LogP contribution in [0.2, 0.25) is 0 Å². The minimum atomic E-state index is -3.59. The van der Waals surface area contributed by atoms with E-state index >= 15 is 0 Å². The molecule has 0 spiro atoms. The lowest BCUT2D eigenvalue weighted by molar-refractivity contribution is 0.535. The molecule has 2 N–H and O–H groups in total. The highest BCUT2D eigenvalue weighted by Crippen LogP contribution is 2.18. The largest absolute Gasteiger partial charge is 0.313 e. The zero-order chi connectivity index (χ0) is 14.6. The van der Waals surface area contributed by atoms with Gasteiger partial charge in [-0.15, -0.1) is 0 Å². The van der Waals surface area contributed by atoms with Gasteiger partial charge in [-0.3, -0.25) is 0 Å². The predicted octanol–water partition coefficient (Wildman–Crippen LogP) is 1.72. The number of aryl methyl sites for hydroxylation is 2. The molecule has 0 saturated heterocycles. The monoisotopic (exact) mass is 288 g/mol. The zero-order valence-electron chi connectivity index (χ0n) is 11.7. The van der Waals surface area contributed by atoms with E-state index in [-0.39, 0.29) is 16.8 Å². The average Bonchev–Trinajstić information content (AvgIpc) is 2.33. The number of sulfonamides is 1. The van der Waals surface area contributed by atoms with Gasteiger partial charge in [0.2, 0.25) is 10.0 Å². The van der Waals surface area contributed by atoms with E-state index in [1.54, 1.807) is 13.8 Å². The molecule has 108 valence electrons. The Bertz CT molecular complexity index is 521. The fraction of sp³-hybridized carbons (Fsp3) is 0.538. The molecule has 4 nitrogen and oxygen atoms in total. The Balaban J connectivity index is 2.89. The van der Waals surface area contributed by atoms with Crippen LogP contribution in [0.5, 0.6) is 0 Å². The van der Waals surface area contributed by atoms with Crippen LogP contribution in [0.4, 0.5) is 4.39 Å². The molecule has 0 unspecified atom stereocenters. The number of hydrogen-bond donors (Lipinski definition) is 2. The summed E-state index contributed by atoms with van der Waals surface area (Å²) in [7, 11) is -3.59. The van der Waals surface area contributed by atoms with Crippen LogP contribution in [-0.4, -0.2) is 27.5 Å². The van der Waals surface area contributed by atoms with E-state index in [0.29, 0.717) is 17.7 Å². The van der Waals surface area contributed by atoms with Crippen molar-refractivity contribution in [1.82, 2.24) is 10.0 Å². The van der Waals surface area contributed by atoms with Crippen LogP contribution in [0, 0.1) is 19.7 Å². The number of nitrogens with one attached hydrogen (secondary N) is 2. The highest BCUT2D eigenvalue weighted by Gasteiger charge is 2.17. The van der Waals surface area contributed by atoms with Crippen molar-refractivity contribution in [2.75, 3.05) is 13.1 Å². The van der Waals surface area contributed by atoms with Crippen LogP contribution in [0.15, 0.2) is 17.0 Å². The average molecular weight is 288 g/mol. The van der Waals surface area contributed by atoms with E-state index in [9.17, 15) is 12.8 Å². The first-order valence-electron chi connectivity index (χ1n) is 6.27. The van der Waals surface area contributed by atoms with Crippen LogP contribution in [0.3, 0.4) is 0 Å². The molecule has 1 rings (SSSR count). The highest BCUT2D eigenvalue weighted by atomic mass is 32.2. The van der Waals surface area contributed by atoms with Crippen molar-refractivity contribution in [3.63, 3.8) is 0 Å². The van der Waals surface area contributed by atoms with E-state index < -0.39 is 10.0 Å². The second-order valence-electron chi connectivity index (χ2n) is 4.68. The van der Waals surface area contributed by atoms with Gasteiger partial charge in [0, 0.05) is 12.6 Å². The van der Waals surface area contributed by atoms with Gasteiger partial charge >= 0.3 is 0 Å². The summed E-state index contributed by atoms with van der Waals surface area (Å²) in [6.07, 6.45) is 0. The molecule has 0 radical (unpaired) electrons. The number of rotatable bonds is 6. The van der Waals surface area contributed by atoms with E-state index in [4.69, 9.17) is 0 Å². The Hall–Kier alpha value is -0.980. The number of likely N-dealkylation sites (N-methyl/N-ethyl adjacent to an activating group) is 1. The fourth-order valence-corrected chi connectivity index (χ4v) is 3.10. The maximum Gasteiger partial charge on any atom is 0.240 e. The van der Waals surface area contributed by atoms with E-state index in [2.05, 4.69) is 10.0 Å². The molecule has 0 heterocycles. The Morgan fingerprint density at radius 1 is 1.26 bits per heavy atom. The third-order valence-corrected chi connectivity index (χ3v) is 4.26. The molecule has 1 atom stereocenters. The standard InChI is InChI=1S/C13H21FN2O2S/c1-5-15-11(4)8-16-19(17,18)12-6-9(2)13(14)10(3)7-12/h6-7,11,15-16H,5,8H2,1-4H3/t11-/m1/s1. The van der Waals surface area contributed by atoms with Crippen LogP contribution in [0.25, 0.3) is 0 Å². The molecule has 1 aromatic carbocycles. The normalized spacial score (nSPS) is 13.5. The summed E-state index contributed by atoms with van der Waals surface area (Å²) in [5.74, 6) is -0.361. The Morgan fingerprint density at radius 3 is 2.26 bits per heavy atom. The summed E-state index contributed by atoms with van der Waals surface area (Å²) < 4.78 is 40.2. The molecule has 0 saturated carbocycles. The SMILES string of the molecule is CCN[C@H](C)CNS(=O)(=O)c1cc(C)c(F)c(C)c1. The Morgan fingerprint density at radius 2 is 1.79 bits per heavy atom. The van der Waals surface area contributed by atoms with Crippen molar-refractivity contribution in [2.24, 2.45) is 0 Å². The molecule has 1 aromatic rings. The minimum Gasteiger partial charge on any atom is -0.313 e. The summed E-state index contributed by atoms with van der Waals surface area (Å²) >= 11 is 0. The van der Waals surface area contributed by atoms with Gasteiger partial charge in [-0.1, -0.05) is 6.92 Å². The lowest BCUT2D eigenvalue weighted by Crippen LogP contribution is -2.38. The van der Waals surface area contributed by atoms with Crippen molar-refractivity contribution in [2.45, 2.75) is 38.6 Å². The molecule has 0 fully saturated rings. The van der Waals surface area contributed by atoms with Crippen molar-refractivity contribution in [1.29, 1.82) is 0 Å². The van der Waals surface area contributed by atoms with E-state index in [1.165, 1.54) is 12.1 Å². The summed E-state index contributed by atoms with van der Waals surface area (Å²) in [6.45, 7) is 8.04. The molecule has 0 aromatic heterocycles. The predicted molar refractivity (Wildman–Crippen MR) is 74.2 cm³/mol. The summed E-state index contributed by atoms with van der Waals surface area (Å²) in [5.41, 5.74) is 0.667. The van der Waals surface area contributed by atoms with Crippen molar-refractivity contribution >= 4 is 10.0 Å². The van der Waals surface area contributed by atoms with Gasteiger partial charge in [0.15, 0.2) is 0 Å².